The maximum atomic E-state index is 13.2. The summed E-state index contributed by atoms with van der Waals surface area (Å²) in [7, 11) is 0. The van der Waals surface area contributed by atoms with Gasteiger partial charge in [0.15, 0.2) is 0 Å². The van der Waals surface area contributed by atoms with Crippen molar-refractivity contribution in [1.82, 2.24) is 19.7 Å². The van der Waals surface area contributed by atoms with Crippen molar-refractivity contribution in [3.05, 3.63) is 113 Å². The molecule has 6 heteroatoms. The Morgan fingerprint density at radius 2 is 1.86 bits per heavy atom. The minimum atomic E-state index is -0.157. The molecule has 2 aromatic carbocycles. The molecule has 0 radical (unpaired) electrons. The summed E-state index contributed by atoms with van der Waals surface area (Å²) in [6.07, 6.45) is 9.07. The number of hydrogen-bond acceptors (Lipinski definition) is 4. The molecule has 36 heavy (non-hydrogen) atoms. The van der Waals surface area contributed by atoms with E-state index in [-0.39, 0.29) is 12.3 Å². The van der Waals surface area contributed by atoms with Gasteiger partial charge in [0.1, 0.15) is 0 Å². The number of aryl methyl sites for hydroxylation is 2. The van der Waals surface area contributed by atoms with Crippen LogP contribution in [-0.4, -0.2) is 32.1 Å². The summed E-state index contributed by atoms with van der Waals surface area (Å²) >= 11 is 0. The minimum Gasteiger partial charge on any atom is -0.334 e. The third-order valence-corrected chi connectivity index (χ3v) is 6.06. The molecule has 0 N–H and O–H groups in total. The van der Waals surface area contributed by atoms with Crippen molar-refractivity contribution in [2.45, 2.75) is 33.4 Å². The van der Waals surface area contributed by atoms with Crippen LogP contribution < -0.4 is 0 Å². The van der Waals surface area contributed by atoms with E-state index in [1.165, 1.54) is 11.1 Å². The van der Waals surface area contributed by atoms with Gasteiger partial charge in [-0.15, -0.1) is 0 Å². The van der Waals surface area contributed by atoms with Crippen LogP contribution in [-0.2, 0) is 17.9 Å². The largest absolute Gasteiger partial charge is 0.334 e. The molecular formula is C30H29N5O. The lowest BCUT2D eigenvalue weighted by atomic mass is 10.0. The maximum Gasteiger partial charge on any atom is 0.246 e. The Morgan fingerprint density at radius 3 is 2.58 bits per heavy atom. The van der Waals surface area contributed by atoms with Crippen molar-refractivity contribution < 1.29 is 4.79 Å². The van der Waals surface area contributed by atoms with Crippen LogP contribution in [0.1, 0.15) is 34.2 Å². The Bertz CT molecular complexity index is 1380. The summed E-state index contributed by atoms with van der Waals surface area (Å²) in [5.74, 6) is -0.157. The monoisotopic (exact) mass is 475 g/mol. The van der Waals surface area contributed by atoms with Crippen LogP contribution in [0.5, 0.6) is 0 Å². The van der Waals surface area contributed by atoms with Gasteiger partial charge in [-0.3, -0.25) is 14.5 Å². The highest BCUT2D eigenvalue weighted by Crippen LogP contribution is 2.26. The number of nitrogens with zero attached hydrogens (tertiary/aromatic N) is 5. The third kappa shape index (κ3) is 6.34. The molecule has 2 aromatic heterocycles. The number of carbonyl (C=O) groups excluding carboxylic acids is 1. The van der Waals surface area contributed by atoms with E-state index in [1.807, 2.05) is 47.3 Å². The summed E-state index contributed by atoms with van der Waals surface area (Å²) in [6.45, 7) is 5.56. The zero-order chi connectivity index (χ0) is 25.3. The van der Waals surface area contributed by atoms with E-state index in [2.05, 4.69) is 55.2 Å². The second kappa shape index (κ2) is 11.8. The minimum absolute atomic E-state index is 0.157. The lowest BCUT2D eigenvalue weighted by molar-refractivity contribution is -0.126. The van der Waals surface area contributed by atoms with Gasteiger partial charge < -0.3 is 4.90 Å². The number of benzene rings is 2. The average molecular weight is 476 g/mol. The fraction of sp³-hybridized carbons (Fsp3) is 0.200. The molecule has 0 aliphatic carbocycles. The van der Waals surface area contributed by atoms with Gasteiger partial charge in [-0.1, -0.05) is 48.5 Å². The second-order valence-electron chi connectivity index (χ2n) is 8.78. The molecule has 0 saturated heterocycles. The van der Waals surface area contributed by atoms with E-state index in [1.54, 1.807) is 23.4 Å². The van der Waals surface area contributed by atoms with E-state index < -0.39 is 0 Å². The molecule has 0 fully saturated rings. The molecule has 0 aliphatic heterocycles. The molecule has 0 aliphatic rings. The van der Waals surface area contributed by atoms with Crippen molar-refractivity contribution in [2.24, 2.45) is 0 Å². The highest BCUT2D eigenvalue weighted by molar-refractivity contribution is 5.92. The zero-order valence-electron chi connectivity index (χ0n) is 20.6. The first-order chi connectivity index (χ1) is 17.5. The Hall–Kier alpha value is -4.50. The number of aromatic nitrogens is 3. The Balaban J connectivity index is 1.63. The van der Waals surface area contributed by atoms with Crippen LogP contribution in [0.4, 0.5) is 0 Å². The van der Waals surface area contributed by atoms with Gasteiger partial charge in [-0.25, -0.2) is 0 Å². The number of nitriles is 1. The summed E-state index contributed by atoms with van der Waals surface area (Å²) in [5.41, 5.74) is 7.18. The maximum absolute atomic E-state index is 13.2. The highest BCUT2D eigenvalue weighted by Gasteiger charge is 2.14. The van der Waals surface area contributed by atoms with Gasteiger partial charge in [-0.05, 0) is 54.3 Å². The number of rotatable bonds is 9. The molecule has 0 bridgehead atoms. The molecule has 6 nitrogen and oxygen atoms in total. The first kappa shape index (κ1) is 24.6. The van der Waals surface area contributed by atoms with Crippen molar-refractivity contribution in [3.8, 4) is 17.3 Å². The van der Waals surface area contributed by atoms with Gasteiger partial charge in [0.2, 0.25) is 5.91 Å². The molecular weight excluding hydrogens is 446 g/mol. The highest BCUT2D eigenvalue weighted by atomic mass is 16.2. The van der Waals surface area contributed by atoms with Gasteiger partial charge in [0.05, 0.1) is 24.7 Å². The average Bonchev–Trinajstić information content (AvgIpc) is 3.30. The lowest BCUT2D eigenvalue weighted by Crippen LogP contribution is -2.29. The van der Waals surface area contributed by atoms with Crippen LogP contribution in [0, 0.1) is 25.2 Å². The Labute approximate surface area is 212 Å². The zero-order valence-corrected chi connectivity index (χ0v) is 20.6. The van der Waals surface area contributed by atoms with Gasteiger partial charge in [-0.2, -0.15) is 10.4 Å². The first-order valence-corrected chi connectivity index (χ1v) is 12.0. The van der Waals surface area contributed by atoms with E-state index in [9.17, 15) is 4.79 Å². The molecule has 0 atom stereocenters. The van der Waals surface area contributed by atoms with Crippen LogP contribution in [0.15, 0.2) is 85.3 Å². The van der Waals surface area contributed by atoms with Crippen molar-refractivity contribution in [1.29, 1.82) is 5.26 Å². The molecule has 2 heterocycles. The van der Waals surface area contributed by atoms with E-state index in [0.717, 1.165) is 27.9 Å². The molecule has 0 spiro atoms. The third-order valence-electron chi connectivity index (χ3n) is 6.06. The lowest BCUT2D eigenvalue weighted by Gasteiger charge is -2.19. The van der Waals surface area contributed by atoms with Crippen LogP contribution >= 0.6 is 0 Å². The normalized spacial score (nSPS) is 10.9. The van der Waals surface area contributed by atoms with Gasteiger partial charge in [0, 0.05) is 48.9 Å². The Kier molecular flexibility index (Phi) is 8.05. The second-order valence-corrected chi connectivity index (χ2v) is 8.78. The number of carbonyl (C=O) groups is 1. The quantitative estimate of drug-likeness (QED) is 0.297. The topological polar surface area (TPSA) is 74.8 Å². The van der Waals surface area contributed by atoms with E-state index in [0.29, 0.717) is 19.6 Å². The van der Waals surface area contributed by atoms with Crippen LogP contribution in [0.3, 0.4) is 0 Å². The first-order valence-electron chi connectivity index (χ1n) is 12.0. The molecule has 1 amide bonds. The molecule has 4 rings (SSSR count). The SMILES string of the molecule is Cc1ccc(-c2nn(Cc3ccccc3)cc2C=CC(=O)N(CCC#N)Cc2cccnc2)cc1C. The van der Waals surface area contributed by atoms with Crippen molar-refractivity contribution >= 4 is 12.0 Å². The number of amides is 1. The Morgan fingerprint density at radius 1 is 1.06 bits per heavy atom. The van der Waals surface area contributed by atoms with Gasteiger partial charge in [0.25, 0.3) is 0 Å². The predicted octanol–water partition coefficient (Wildman–Crippen LogP) is 5.57. The number of hydrogen-bond donors (Lipinski definition) is 0. The van der Waals surface area contributed by atoms with E-state index >= 15 is 0 Å². The predicted molar refractivity (Wildman–Crippen MR) is 142 cm³/mol. The molecule has 0 saturated carbocycles. The molecule has 4 aromatic rings. The van der Waals surface area contributed by atoms with E-state index in [4.69, 9.17) is 10.4 Å². The van der Waals surface area contributed by atoms with Crippen LogP contribution in [0.2, 0.25) is 0 Å². The van der Waals surface area contributed by atoms with Gasteiger partial charge >= 0.3 is 0 Å². The fourth-order valence-corrected chi connectivity index (χ4v) is 3.95. The van der Waals surface area contributed by atoms with Crippen molar-refractivity contribution in [3.63, 3.8) is 0 Å². The number of pyridine rings is 1. The standard InChI is InChI=1S/C30H29N5O/c1-23-11-12-27(18-24(23)2)30-28(22-35(33-30)21-25-8-4-3-5-9-25)13-14-29(36)34(17-7-15-31)20-26-10-6-16-32-19-26/h3-6,8-14,16,18-19,22H,7,17,20-21H2,1-2H3. The summed E-state index contributed by atoms with van der Waals surface area (Å²) in [4.78, 5) is 19.0. The summed E-state index contributed by atoms with van der Waals surface area (Å²) < 4.78 is 1.91. The summed E-state index contributed by atoms with van der Waals surface area (Å²) in [6, 6.07) is 22.4. The molecule has 180 valence electrons. The summed E-state index contributed by atoms with van der Waals surface area (Å²) in [5, 5.41) is 13.9. The van der Waals surface area contributed by atoms with Crippen molar-refractivity contribution in [2.75, 3.05) is 6.54 Å². The fourth-order valence-electron chi connectivity index (χ4n) is 3.95. The molecule has 0 unspecified atom stereocenters. The van der Waals surface area contributed by atoms with Crippen LogP contribution in [0.25, 0.3) is 17.3 Å². The smallest absolute Gasteiger partial charge is 0.246 e.